The number of rotatable bonds is 4. The van der Waals surface area contributed by atoms with Crippen LogP contribution in [0.25, 0.3) is 0 Å². The van der Waals surface area contributed by atoms with Gasteiger partial charge in [-0.15, -0.1) is 0 Å². The van der Waals surface area contributed by atoms with Crippen LogP contribution in [0.1, 0.15) is 24.6 Å². The molecule has 0 saturated heterocycles. The molecule has 0 aliphatic rings. The molecule has 0 amide bonds. The number of aromatic nitrogens is 4. The van der Waals surface area contributed by atoms with Gasteiger partial charge in [0.25, 0.3) is 0 Å². The Morgan fingerprint density at radius 3 is 2.82 bits per heavy atom. The smallest absolute Gasteiger partial charge is 0.141 e. The number of hydrogen-bond donors (Lipinski definition) is 1. The molecule has 92 valence electrons. The molecule has 0 fully saturated rings. The van der Waals surface area contributed by atoms with Crippen molar-refractivity contribution in [3.8, 4) is 0 Å². The van der Waals surface area contributed by atoms with Crippen LogP contribution in [0.15, 0.2) is 12.4 Å². The molecule has 2 N–H and O–H groups in total. The quantitative estimate of drug-likeness (QED) is 0.908. The molecule has 0 aliphatic heterocycles. The second-order valence-electron chi connectivity index (χ2n) is 4.05. The summed E-state index contributed by atoms with van der Waals surface area (Å²) in [5.41, 5.74) is 7.69. The van der Waals surface area contributed by atoms with Gasteiger partial charge in [0.2, 0.25) is 0 Å². The summed E-state index contributed by atoms with van der Waals surface area (Å²) in [6.07, 6.45) is 4.91. The van der Waals surface area contributed by atoms with Gasteiger partial charge in [-0.1, -0.05) is 18.5 Å². The van der Waals surface area contributed by atoms with Gasteiger partial charge in [0.05, 0.1) is 18.4 Å². The third-order valence-electron chi connectivity index (χ3n) is 2.56. The summed E-state index contributed by atoms with van der Waals surface area (Å²) in [6.45, 7) is 5.49. The van der Waals surface area contributed by atoms with E-state index in [1.54, 1.807) is 4.68 Å². The third kappa shape index (κ3) is 2.44. The first-order chi connectivity index (χ1) is 8.11. The minimum absolute atomic E-state index is 0.507. The van der Waals surface area contributed by atoms with Crippen LogP contribution in [0.3, 0.4) is 0 Å². The number of aryl methyl sites for hydroxylation is 2. The standard InChI is InChI=1S/C11H16ClN5/c1-3-4-16-6-9(5-14-16)7-17-11(13)10(12)8(2)15-17/h5-6H,3-4,7,13H2,1-2H3. The van der Waals surface area contributed by atoms with E-state index in [1.807, 2.05) is 24.0 Å². The molecule has 2 rings (SSSR count). The van der Waals surface area contributed by atoms with Crippen LogP contribution in [-0.4, -0.2) is 19.6 Å². The van der Waals surface area contributed by atoms with Crippen LogP contribution >= 0.6 is 11.6 Å². The molecule has 6 heteroatoms. The number of nitrogens with zero attached hydrogens (tertiary/aromatic N) is 4. The number of anilines is 1. The van der Waals surface area contributed by atoms with Gasteiger partial charge < -0.3 is 5.73 Å². The van der Waals surface area contributed by atoms with Gasteiger partial charge >= 0.3 is 0 Å². The Morgan fingerprint density at radius 1 is 1.47 bits per heavy atom. The van der Waals surface area contributed by atoms with Crippen molar-refractivity contribution < 1.29 is 0 Å². The Morgan fingerprint density at radius 2 is 2.24 bits per heavy atom. The lowest BCUT2D eigenvalue weighted by Gasteiger charge is -2.01. The van der Waals surface area contributed by atoms with Crippen LogP contribution in [0.2, 0.25) is 5.02 Å². The highest BCUT2D eigenvalue weighted by molar-refractivity contribution is 6.33. The third-order valence-corrected chi connectivity index (χ3v) is 3.03. The van der Waals surface area contributed by atoms with Crippen molar-refractivity contribution in [2.45, 2.75) is 33.4 Å². The molecule has 2 aromatic heterocycles. The maximum atomic E-state index is 5.99. The number of nitrogen functional groups attached to an aromatic ring is 1. The lowest BCUT2D eigenvalue weighted by Crippen LogP contribution is -2.05. The van der Waals surface area contributed by atoms with Crippen LogP contribution in [0.4, 0.5) is 5.82 Å². The highest BCUT2D eigenvalue weighted by Crippen LogP contribution is 2.22. The Hall–Kier alpha value is -1.49. The molecule has 2 heterocycles. The van der Waals surface area contributed by atoms with Crippen molar-refractivity contribution in [1.82, 2.24) is 19.6 Å². The number of halogens is 1. The van der Waals surface area contributed by atoms with E-state index in [0.29, 0.717) is 17.4 Å². The SMILES string of the molecule is CCCn1cc(Cn2nc(C)c(Cl)c2N)cn1. The van der Waals surface area contributed by atoms with Crippen molar-refractivity contribution in [3.05, 3.63) is 28.7 Å². The summed E-state index contributed by atoms with van der Waals surface area (Å²) in [5.74, 6) is 0.507. The van der Waals surface area contributed by atoms with Gasteiger partial charge in [0.1, 0.15) is 10.8 Å². The molecule has 0 spiro atoms. The van der Waals surface area contributed by atoms with Crippen LogP contribution < -0.4 is 5.73 Å². The summed E-state index contributed by atoms with van der Waals surface area (Å²) in [7, 11) is 0. The van der Waals surface area contributed by atoms with Crippen LogP contribution in [0, 0.1) is 6.92 Å². The second kappa shape index (κ2) is 4.79. The van der Waals surface area contributed by atoms with E-state index in [2.05, 4.69) is 17.1 Å². The van der Waals surface area contributed by atoms with E-state index in [4.69, 9.17) is 17.3 Å². The second-order valence-corrected chi connectivity index (χ2v) is 4.43. The lowest BCUT2D eigenvalue weighted by molar-refractivity contribution is 0.601. The zero-order valence-electron chi connectivity index (χ0n) is 10.0. The van der Waals surface area contributed by atoms with Crippen molar-refractivity contribution in [2.24, 2.45) is 0 Å². The molecule has 0 saturated carbocycles. The van der Waals surface area contributed by atoms with Gasteiger partial charge in [0.15, 0.2) is 0 Å². The Kier molecular flexibility index (Phi) is 3.38. The van der Waals surface area contributed by atoms with Crippen molar-refractivity contribution >= 4 is 17.4 Å². The van der Waals surface area contributed by atoms with E-state index in [9.17, 15) is 0 Å². The monoisotopic (exact) mass is 253 g/mol. The fraction of sp³-hybridized carbons (Fsp3) is 0.455. The van der Waals surface area contributed by atoms with Crippen LogP contribution in [-0.2, 0) is 13.1 Å². The van der Waals surface area contributed by atoms with Crippen LogP contribution in [0.5, 0.6) is 0 Å². The maximum absolute atomic E-state index is 5.99. The Balaban J connectivity index is 2.16. The highest BCUT2D eigenvalue weighted by Gasteiger charge is 2.10. The molecule has 5 nitrogen and oxygen atoms in total. The molecular weight excluding hydrogens is 238 g/mol. The average Bonchev–Trinajstić information content (AvgIpc) is 2.82. The number of nitrogens with two attached hydrogens (primary N) is 1. The largest absolute Gasteiger partial charge is 0.383 e. The van der Waals surface area contributed by atoms with Crippen molar-refractivity contribution in [2.75, 3.05) is 5.73 Å². The molecule has 0 atom stereocenters. The van der Waals surface area contributed by atoms with Gasteiger partial charge in [-0.2, -0.15) is 10.2 Å². The summed E-state index contributed by atoms with van der Waals surface area (Å²) >= 11 is 5.99. The zero-order valence-corrected chi connectivity index (χ0v) is 10.8. The topological polar surface area (TPSA) is 61.7 Å². The fourth-order valence-corrected chi connectivity index (χ4v) is 1.85. The van der Waals surface area contributed by atoms with E-state index < -0.39 is 0 Å². The Labute approximate surface area is 105 Å². The van der Waals surface area contributed by atoms with Gasteiger partial charge in [-0.3, -0.25) is 4.68 Å². The molecule has 0 unspecified atom stereocenters. The first-order valence-electron chi connectivity index (χ1n) is 5.61. The minimum Gasteiger partial charge on any atom is -0.383 e. The minimum atomic E-state index is 0.507. The Bertz CT molecular complexity index is 514. The van der Waals surface area contributed by atoms with E-state index in [1.165, 1.54) is 0 Å². The summed E-state index contributed by atoms with van der Waals surface area (Å²) in [6, 6.07) is 0. The van der Waals surface area contributed by atoms with Gasteiger partial charge in [-0.25, -0.2) is 4.68 Å². The van der Waals surface area contributed by atoms with Crippen molar-refractivity contribution in [3.63, 3.8) is 0 Å². The normalized spacial score (nSPS) is 11.0. The van der Waals surface area contributed by atoms with Gasteiger partial charge in [0, 0.05) is 18.3 Å². The molecule has 2 aromatic rings. The predicted octanol–water partition coefficient (Wildman–Crippen LogP) is 2.08. The summed E-state index contributed by atoms with van der Waals surface area (Å²) in [4.78, 5) is 0. The van der Waals surface area contributed by atoms with E-state index >= 15 is 0 Å². The summed E-state index contributed by atoms with van der Waals surface area (Å²) < 4.78 is 3.62. The average molecular weight is 254 g/mol. The molecule has 17 heavy (non-hydrogen) atoms. The molecular formula is C11H16ClN5. The molecule has 0 aromatic carbocycles. The molecule has 0 bridgehead atoms. The maximum Gasteiger partial charge on any atom is 0.141 e. The van der Waals surface area contributed by atoms with Crippen molar-refractivity contribution in [1.29, 1.82) is 0 Å². The number of hydrogen-bond acceptors (Lipinski definition) is 3. The predicted molar refractivity (Wildman–Crippen MR) is 68.0 cm³/mol. The van der Waals surface area contributed by atoms with Gasteiger partial charge in [-0.05, 0) is 13.3 Å². The van der Waals surface area contributed by atoms with E-state index in [-0.39, 0.29) is 0 Å². The summed E-state index contributed by atoms with van der Waals surface area (Å²) in [5, 5.41) is 9.08. The highest BCUT2D eigenvalue weighted by atomic mass is 35.5. The molecule has 0 radical (unpaired) electrons. The molecule has 0 aliphatic carbocycles. The zero-order chi connectivity index (χ0) is 12.4. The lowest BCUT2D eigenvalue weighted by atomic mass is 10.3. The fourth-order valence-electron chi connectivity index (χ4n) is 1.71. The first kappa shape index (κ1) is 12.0. The van der Waals surface area contributed by atoms with E-state index in [0.717, 1.165) is 24.2 Å². The first-order valence-corrected chi connectivity index (χ1v) is 5.99.